The van der Waals surface area contributed by atoms with Crippen LogP contribution in [-0.4, -0.2) is 17.0 Å². The minimum absolute atomic E-state index is 0.219. The molecule has 1 aromatic heterocycles. The first-order chi connectivity index (χ1) is 13.5. The Kier molecular flexibility index (Phi) is 6.10. The fourth-order valence-corrected chi connectivity index (χ4v) is 2.76. The van der Waals surface area contributed by atoms with E-state index >= 15 is 0 Å². The van der Waals surface area contributed by atoms with Crippen LogP contribution < -0.4 is 15.6 Å². The molecule has 3 aromatic rings. The summed E-state index contributed by atoms with van der Waals surface area (Å²) >= 11 is 3.31. The average molecular weight is 444 g/mol. The van der Waals surface area contributed by atoms with Crippen molar-refractivity contribution >= 4 is 27.7 Å². The highest BCUT2D eigenvalue weighted by atomic mass is 79.9. The molecule has 1 heterocycles. The first-order valence-corrected chi connectivity index (χ1v) is 9.25. The number of nitrogens with one attached hydrogen (secondary N) is 2. The molecule has 144 valence electrons. The van der Waals surface area contributed by atoms with E-state index in [0.717, 1.165) is 15.7 Å². The molecule has 0 aliphatic heterocycles. The molecule has 0 bridgehead atoms. The van der Waals surface area contributed by atoms with Crippen LogP contribution in [-0.2, 0) is 6.61 Å². The van der Waals surface area contributed by atoms with Crippen molar-refractivity contribution in [2.24, 2.45) is 0 Å². The third-order valence-corrected chi connectivity index (χ3v) is 4.61. The van der Waals surface area contributed by atoms with Gasteiger partial charge < -0.3 is 9.26 Å². The third-order valence-electron chi connectivity index (χ3n) is 4.08. The summed E-state index contributed by atoms with van der Waals surface area (Å²) in [6.07, 6.45) is 0. The van der Waals surface area contributed by atoms with Crippen LogP contribution in [0.2, 0.25) is 0 Å². The summed E-state index contributed by atoms with van der Waals surface area (Å²) in [5, 5.41) is 3.88. The van der Waals surface area contributed by atoms with Gasteiger partial charge in [0.2, 0.25) is 0 Å². The maximum Gasteiger partial charge on any atom is 0.273 e. The lowest BCUT2D eigenvalue weighted by molar-refractivity contribution is 0.0844. The van der Waals surface area contributed by atoms with E-state index in [1.54, 1.807) is 55.5 Å². The van der Waals surface area contributed by atoms with Gasteiger partial charge in [-0.15, -0.1) is 0 Å². The second kappa shape index (κ2) is 8.71. The number of nitrogens with zero attached hydrogens (tertiary/aromatic N) is 1. The molecule has 0 radical (unpaired) electrons. The number of para-hydroxylation sites is 1. The van der Waals surface area contributed by atoms with Crippen molar-refractivity contribution in [2.45, 2.75) is 20.5 Å². The minimum Gasteiger partial charge on any atom is -0.488 e. The Morgan fingerprint density at radius 1 is 1.04 bits per heavy atom. The second-order valence-corrected chi connectivity index (χ2v) is 6.92. The number of benzene rings is 2. The van der Waals surface area contributed by atoms with Crippen LogP contribution in [0.5, 0.6) is 5.75 Å². The van der Waals surface area contributed by atoms with Gasteiger partial charge in [0.1, 0.15) is 18.1 Å². The number of carbonyl (C=O) groups excluding carboxylic acids is 2. The van der Waals surface area contributed by atoms with Gasteiger partial charge in [-0.1, -0.05) is 33.2 Å². The van der Waals surface area contributed by atoms with E-state index < -0.39 is 11.8 Å². The van der Waals surface area contributed by atoms with Gasteiger partial charge in [-0.25, -0.2) is 0 Å². The summed E-state index contributed by atoms with van der Waals surface area (Å²) in [6.45, 7) is 3.84. The topological polar surface area (TPSA) is 93.5 Å². The van der Waals surface area contributed by atoms with E-state index in [2.05, 4.69) is 31.9 Å². The Morgan fingerprint density at radius 2 is 1.71 bits per heavy atom. The predicted octanol–water partition coefficient (Wildman–Crippen LogP) is 3.71. The van der Waals surface area contributed by atoms with Crippen molar-refractivity contribution < 1.29 is 18.8 Å². The Bertz CT molecular complexity index is 979. The first kappa shape index (κ1) is 19.6. The van der Waals surface area contributed by atoms with Crippen LogP contribution in [0.1, 0.15) is 37.7 Å². The van der Waals surface area contributed by atoms with Crippen molar-refractivity contribution in [1.29, 1.82) is 0 Å². The zero-order valence-electron chi connectivity index (χ0n) is 15.3. The molecule has 0 saturated carbocycles. The van der Waals surface area contributed by atoms with Crippen molar-refractivity contribution in [3.63, 3.8) is 0 Å². The monoisotopic (exact) mass is 443 g/mol. The molecule has 2 amide bonds. The van der Waals surface area contributed by atoms with Crippen molar-refractivity contribution in [3.05, 3.63) is 81.1 Å². The number of halogens is 1. The number of amides is 2. The summed E-state index contributed by atoms with van der Waals surface area (Å²) in [5.41, 5.74) is 7.09. The molecule has 0 aliphatic rings. The van der Waals surface area contributed by atoms with Crippen LogP contribution >= 0.6 is 15.9 Å². The normalized spacial score (nSPS) is 10.4. The Balaban J connectivity index is 1.65. The van der Waals surface area contributed by atoms with Gasteiger partial charge in [-0.2, -0.15) is 0 Å². The second-order valence-electron chi connectivity index (χ2n) is 6.00. The van der Waals surface area contributed by atoms with E-state index in [0.29, 0.717) is 22.6 Å². The van der Waals surface area contributed by atoms with Gasteiger partial charge in [-0.05, 0) is 50.2 Å². The lowest BCUT2D eigenvalue weighted by Gasteiger charge is -2.12. The summed E-state index contributed by atoms with van der Waals surface area (Å²) in [6, 6.07) is 13.6. The molecule has 0 unspecified atom stereocenters. The number of aryl methyl sites for hydroxylation is 2. The molecular formula is C20H18BrN3O4. The van der Waals surface area contributed by atoms with Gasteiger partial charge >= 0.3 is 0 Å². The number of hydrazine groups is 1. The predicted molar refractivity (Wildman–Crippen MR) is 106 cm³/mol. The average Bonchev–Trinajstić information content (AvgIpc) is 3.02. The zero-order chi connectivity index (χ0) is 20.1. The van der Waals surface area contributed by atoms with Crippen LogP contribution in [0, 0.1) is 13.8 Å². The van der Waals surface area contributed by atoms with E-state index in [1.165, 1.54) is 0 Å². The quantitative estimate of drug-likeness (QED) is 0.586. The maximum absolute atomic E-state index is 12.5. The smallest absolute Gasteiger partial charge is 0.273 e. The highest BCUT2D eigenvalue weighted by Gasteiger charge is 2.15. The molecule has 28 heavy (non-hydrogen) atoms. The molecule has 0 atom stereocenters. The summed E-state index contributed by atoms with van der Waals surface area (Å²) in [5.74, 6) is 0.147. The highest BCUT2D eigenvalue weighted by molar-refractivity contribution is 9.10. The standard InChI is InChI=1S/C20H18BrN3O4/c1-12-17(13(2)28-24-12)11-27-18-6-4-3-5-16(18)20(26)23-22-19(25)14-7-9-15(21)10-8-14/h3-10H,11H2,1-2H3,(H,22,25)(H,23,26). The molecular weight excluding hydrogens is 426 g/mol. The minimum atomic E-state index is -0.486. The Hall–Kier alpha value is -3.13. The fourth-order valence-electron chi connectivity index (χ4n) is 2.49. The van der Waals surface area contributed by atoms with Crippen LogP contribution in [0.4, 0.5) is 0 Å². The first-order valence-electron chi connectivity index (χ1n) is 8.45. The van der Waals surface area contributed by atoms with E-state index in [1.807, 2.05) is 6.92 Å². The number of aromatic nitrogens is 1. The van der Waals surface area contributed by atoms with Crippen molar-refractivity contribution in [3.8, 4) is 5.75 Å². The van der Waals surface area contributed by atoms with Crippen LogP contribution in [0.3, 0.4) is 0 Å². The number of hydrogen-bond acceptors (Lipinski definition) is 5. The maximum atomic E-state index is 12.5. The molecule has 3 rings (SSSR count). The largest absolute Gasteiger partial charge is 0.488 e. The number of rotatable bonds is 5. The molecule has 0 spiro atoms. The van der Waals surface area contributed by atoms with E-state index in [9.17, 15) is 9.59 Å². The van der Waals surface area contributed by atoms with Gasteiger partial charge in [-0.3, -0.25) is 20.4 Å². The van der Waals surface area contributed by atoms with E-state index in [-0.39, 0.29) is 6.61 Å². The molecule has 7 nitrogen and oxygen atoms in total. The summed E-state index contributed by atoms with van der Waals surface area (Å²) in [7, 11) is 0. The van der Waals surface area contributed by atoms with Gasteiger partial charge in [0.05, 0.1) is 16.8 Å². The molecule has 0 fully saturated rings. The van der Waals surface area contributed by atoms with Gasteiger partial charge in [0.25, 0.3) is 11.8 Å². The SMILES string of the molecule is Cc1noc(C)c1COc1ccccc1C(=O)NNC(=O)c1ccc(Br)cc1. The van der Waals surface area contributed by atoms with Gasteiger partial charge in [0.15, 0.2) is 0 Å². The van der Waals surface area contributed by atoms with Gasteiger partial charge in [0, 0.05) is 10.0 Å². The lowest BCUT2D eigenvalue weighted by Crippen LogP contribution is -2.41. The summed E-state index contributed by atoms with van der Waals surface area (Å²) < 4.78 is 11.8. The number of carbonyl (C=O) groups is 2. The van der Waals surface area contributed by atoms with Crippen LogP contribution in [0.15, 0.2) is 57.5 Å². The van der Waals surface area contributed by atoms with E-state index in [4.69, 9.17) is 9.26 Å². The zero-order valence-corrected chi connectivity index (χ0v) is 16.9. The fraction of sp³-hybridized carbons (Fsp3) is 0.150. The third kappa shape index (κ3) is 4.58. The Morgan fingerprint density at radius 3 is 2.39 bits per heavy atom. The van der Waals surface area contributed by atoms with Crippen LogP contribution in [0.25, 0.3) is 0 Å². The molecule has 8 heteroatoms. The highest BCUT2D eigenvalue weighted by Crippen LogP contribution is 2.21. The molecule has 0 aliphatic carbocycles. The Labute approximate surface area is 170 Å². The molecule has 0 saturated heterocycles. The lowest BCUT2D eigenvalue weighted by atomic mass is 10.2. The number of hydrogen-bond donors (Lipinski definition) is 2. The molecule has 2 aromatic carbocycles. The van der Waals surface area contributed by atoms with Crippen molar-refractivity contribution in [2.75, 3.05) is 0 Å². The number of ether oxygens (including phenoxy) is 1. The van der Waals surface area contributed by atoms with Crippen molar-refractivity contribution in [1.82, 2.24) is 16.0 Å². The summed E-state index contributed by atoms with van der Waals surface area (Å²) in [4.78, 5) is 24.6. The molecule has 2 N–H and O–H groups in total.